The van der Waals surface area contributed by atoms with Crippen LogP contribution in [0.5, 0.6) is 0 Å². The molecule has 6 nitrogen and oxygen atoms in total. The topological polar surface area (TPSA) is 92.2 Å². The Hall–Kier alpha value is -4.62. The number of carbonyl (C=O) groups is 2. The van der Waals surface area contributed by atoms with Gasteiger partial charge in [-0.25, -0.2) is 14.8 Å². The number of benzene rings is 3. The molecule has 2 aromatic heterocycles. The van der Waals surface area contributed by atoms with Gasteiger partial charge in [-0.05, 0) is 46.7 Å². The molecular formula is C35H33N3O3S. The largest absolute Gasteiger partial charge is 0.480 e. The maximum absolute atomic E-state index is 12.8. The van der Waals surface area contributed by atoms with E-state index in [1.165, 1.54) is 22.5 Å². The molecule has 0 fully saturated rings. The number of carbonyl (C=O) groups excluding carboxylic acids is 1. The van der Waals surface area contributed by atoms with Gasteiger partial charge in [-0.3, -0.25) is 4.79 Å². The molecule has 0 aliphatic heterocycles. The summed E-state index contributed by atoms with van der Waals surface area (Å²) >= 11 is 1.39. The molecule has 0 aliphatic carbocycles. The summed E-state index contributed by atoms with van der Waals surface area (Å²) in [5.41, 5.74) is 7.07. The minimum absolute atomic E-state index is 0.0748. The second-order valence-corrected chi connectivity index (χ2v) is 12.5. The number of thiophene rings is 1. The van der Waals surface area contributed by atoms with Crippen molar-refractivity contribution in [3.05, 3.63) is 118 Å². The van der Waals surface area contributed by atoms with Crippen molar-refractivity contribution in [1.82, 2.24) is 15.3 Å². The summed E-state index contributed by atoms with van der Waals surface area (Å²) in [7, 11) is 0. The average Bonchev–Trinajstić information content (AvgIpc) is 3.49. The molecule has 0 spiro atoms. The highest BCUT2D eigenvalue weighted by Crippen LogP contribution is 2.30. The number of hydrogen-bond acceptors (Lipinski definition) is 5. The third-order valence-corrected chi connectivity index (χ3v) is 8.56. The molecule has 5 aromatic rings. The summed E-state index contributed by atoms with van der Waals surface area (Å²) in [6.07, 6.45) is 3.78. The van der Waals surface area contributed by atoms with E-state index < -0.39 is 12.0 Å². The lowest BCUT2D eigenvalue weighted by Gasteiger charge is -2.16. The van der Waals surface area contributed by atoms with E-state index in [2.05, 4.69) is 91.5 Å². The summed E-state index contributed by atoms with van der Waals surface area (Å²) in [4.78, 5) is 35.4. The first-order valence-electron chi connectivity index (χ1n) is 13.8. The predicted molar refractivity (Wildman–Crippen MR) is 169 cm³/mol. The van der Waals surface area contributed by atoms with Crippen molar-refractivity contribution in [2.24, 2.45) is 0 Å². The lowest BCUT2D eigenvalue weighted by Crippen LogP contribution is -2.42. The molecule has 42 heavy (non-hydrogen) atoms. The van der Waals surface area contributed by atoms with Gasteiger partial charge in [-0.2, -0.15) is 0 Å². The zero-order valence-electron chi connectivity index (χ0n) is 24.1. The van der Waals surface area contributed by atoms with E-state index >= 15 is 0 Å². The molecule has 7 heteroatoms. The van der Waals surface area contributed by atoms with Gasteiger partial charge in [0, 0.05) is 34.8 Å². The third kappa shape index (κ3) is 6.81. The second kappa shape index (κ2) is 12.1. The number of carboxylic acids is 1. The van der Waals surface area contributed by atoms with E-state index in [0.29, 0.717) is 10.7 Å². The fourth-order valence-corrected chi connectivity index (χ4v) is 5.59. The van der Waals surface area contributed by atoms with Gasteiger partial charge in [0.1, 0.15) is 6.04 Å². The number of amides is 1. The molecule has 1 unspecified atom stereocenters. The zero-order chi connectivity index (χ0) is 29.9. The number of hydrogen-bond donors (Lipinski definition) is 2. The van der Waals surface area contributed by atoms with E-state index in [9.17, 15) is 14.7 Å². The highest BCUT2D eigenvalue weighted by atomic mass is 32.1. The van der Waals surface area contributed by atoms with Crippen molar-refractivity contribution in [1.29, 1.82) is 0 Å². The Labute approximate surface area is 250 Å². The Bertz CT molecular complexity index is 1700. The van der Waals surface area contributed by atoms with Crippen LogP contribution in [-0.2, 0) is 16.6 Å². The van der Waals surface area contributed by atoms with E-state index in [1.807, 2.05) is 42.7 Å². The summed E-state index contributed by atoms with van der Waals surface area (Å²) in [6.45, 7) is 8.32. The lowest BCUT2D eigenvalue weighted by molar-refractivity contribution is -0.139. The van der Waals surface area contributed by atoms with Crippen LogP contribution in [0, 0.1) is 6.92 Å². The Morgan fingerprint density at radius 2 is 1.43 bits per heavy atom. The van der Waals surface area contributed by atoms with Gasteiger partial charge in [-0.1, -0.05) is 99.1 Å². The monoisotopic (exact) mass is 575 g/mol. The second-order valence-electron chi connectivity index (χ2n) is 11.4. The molecule has 212 valence electrons. The Morgan fingerprint density at radius 3 is 2.00 bits per heavy atom. The first-order chi connectivity index (χ1) is 20.1. The van der Waals surface area contributed by atoms with E-state index in [4.69, 9.17) is 0 Å². The molecule has 1 amide bonds. The lowest BCUT2D eigenvalue weighted by atomic mass is 9.95. The van der Waals surface area contributed by atoms with Crippen LogP contribution in [0.3, 0.4) is 0 Å². The maximum atomic E-state index is 12.8. The summed E-state index contributed by atoms with van der Waals surface area (Å²) in [5.74, 6) is -0.874. The highest BCUT2D eigenvalue weighted by Gasteiger charge is 2.24. The van der Waals surface area contributed by atoms with Crippen molar-refractivity contribution in [2.45, 2.75) is 45.6 Å². The average molecular weight is 576 g/mol. The van der Waals surface area contributed by atoms with Crippen LogP contribution in [-0.4, -0.2) is 33.0 Å². The van der Waals surface area contributed by atoms with Crippen LogP contribution in [0.2, 0.25) is 0 Å². The molecule has 0 radical (unpaired) electrons. The minimum Gasteiger partial charge on any atom is -0.480 e. The normalized spacial score (nSPS) is 12.1. The molecule has 2 heterocycles. The van der Waals surface area contributed by atoms with Gasteiger partial charge in [0.25, 0.3) is 5.91 Å². The van der Waals surface area contributed by atoms with Crippen LogP contribution in [0.1, 0.15) is 46.4 Å². The smallest absolute Gasteiger partial charge is 0.326 e. The molecule has 0 aliphatic rings. The minimum atomic E-state index is -1.08. The van der Waals surface area contributed by atoms with Crippen molar-refractivity contribution in [3.63, 3.8) is 0 Å². The predicted octanol–water partition coefficient (Wildman–Crippen LogP) is 7.57. The fourth-order valence-electron chi connectivity index (χ4n) is 4.62. The summed E-state index contributed by atoms with van der Waals surface area (Å²) < 4.78 is 0. The Morgan fingerprint density at radius 1 is 0.810 bits per heavy atom. The Balaban J connectivity index is 1.23. The number of rotatable bonds is 8. The number of nitrogens with one attached hydrogen (secondary N) is 1. The first-order valence-corrected chi connectivity index (χ1v) is 14.6. The first kappa shape index (κ1) is 28.9. The van der Waals surface area contributed by atoms with Crippen LogP contribution >= 0.6 is 11.3 Å². The number of aromatic nitrogens is 2. The fraction of sp³-hybridized carbons (Fsp3) is 0.200. The standard InChI is InChI=1S/C35H33N3O3S/c1-22-6-5-7-27(18-22)24-12-14-25(15-13-24)28-20-36-32(37-21-28)26-10-8-23(9-11-26)19-29(34(40)41)38-33(39)30-16-17-31(42-30)35(2,3)4/h5-18,20-21,29H,19H2,1-4H3,(H,38,39)(H,40,41). The van der Waals surface area contributed by atoms with Gasteiger partial charge in [0.15, 0.2) is 5.82 Å². The van der Waals surface area contributed by atoms with Crippen LogP contribution in [0.15, 0.2) is 97.3 Å². The van der Waals surface area contributed by atoms with Gasteiger partial charge in [0.2, 0.25) is 0 Å². The molecule has 3 aromatic carbocycles. The Kier molecular flexibility index (Phi) is 8.31. The summed E-state index contributed by atoms with van der Waals surface area (Å²) in [6, 6.07) is 26.9. The van der Waals surface area contributed by atoms with Crippen LogP contribution < -0.4 is 5.32 Å². The maximum Gasteiger partial charge on any atom is 0.326 e. The van der Waals surface area contributed by atoms with Gasteiger partial charge >= 0.3 is 5.97 Å². The molecule has 2 N–H and O–H groups in total. The van der Waals surface area contributed by atoms with Crippen molar-refractivity contribution in [3.8, 4) is 33.6 Å². The molecular weight excluding hydrogens is 542 g/mol. The van der Waals surface area contributed by atoms with E-state index in [-0.39, 0.29) is 17.7 Å². The SMILES string of the molecule is Cc1cccc(-c2ccc(-c3cnc(-c4ccc(CC(NC(=O)c5ccc(C(C)(C)C)s5)C(=O)O)cc4)nc3)cc2)c1. The zero-order valence-corrected chi connectivity index (χ0v) is 24.9. The number of aliphatic carboxylic acids is 1. The third-order valence-electron chi connectivity index (χ3n) is 7.05. The number of aryl methyl sites for hydroxylation is 1. The quantitative estimate of drug-likeness (QED) is 0.199. The molecule has 0 bridgehead atoms. The number of nitrogens with zero attached hydrogens (tertiary/aromatic N) is 2. The molecule has 5 rings (SSSR count). The highest BCUT2D eigenvalue weighted by molar-refractivity contribution is 7.14. The molecule has 0 saturated heterocycles. The number of carboxylic acid groups (broad SMARTS) is 1. The van der Waals surface area contributed by atoms with Crippen LogP contribution in [0.25, 0.3) is 33.6 Å². The molecule has 0 saturated carbocycles. The van der Waals surface area contributed by atoms with Gasteiger partial charge < -0.3 is 10.4 Å². The van der Waals surface area contributed by atoms with Gasteiger partial charge in [-0.15, -0.1) is 11.3 Å². The van der Waals surface area contributed by atoms with Crippen LogP contribution in [0.4, 0.5) is 0 Å². The van der Waals surface area contributed by atoms with Crippen molar-refractivity contribution >= 4 is 23.2 Å². The van der Waals surface area contributed by atoms with E-state index in [1.54, 1.807) is 6.07 Å². The van der Waals surface area contributed by atoms with E-state index in [0.717, 1.165) is 32.7 Å². The van der Waals surface area contributed by atoms with Gasteiger partial charge in [0.05, 0.1) is 4.88 Å². The van der Waals surface area contributed by atoms with Crippen molar-refractivity contribution in [2.75, 3.05) is 0 Å². The summed E-state index contributed by atoms with van der Waals surface area (Å²) in [5, 5.41) is 12.4. The van der Waals surface area contributed by atoms with Crippen molar-refractivity contribution < 1.29 is 14.7 Å². The molecule has 1 atom stereocenters.